The number of halogens is 3. The molecular formula is C20H15Cl2FN2O3. The highest BCUT2D eigenvalue weighted by atomic mass is 35.5. The molecule has 0 saturated carbocycles. The number of hydrogen-bond acceptors (Lipinski definition) is 3. The second kappa shape index (κ2) is 8.12. The first-order valence-electron chi connectivity index (χ1n) is 8.36. The van der Waals surface area contributed by atoms with Crippen molar-refractivity contribution in [3.8, 4) is 11.3 Å². The highest BCUT2D eigenvalue weighted by Gasteiger charge is 2.22. The monoisotopic (exact) mass is 420 g/mol. The van der Waals surface area contributed by atoms with E-state index in [2.05, 4.69) is 4.98 Å². The van der Waals surface area contributed by atoms with Crippen molar-refractivity contribution in [2.45, 2.75) is 19.9 Å². The number of aromatic carboxylic acids is 1. The lowest BCUT2D eigenvalue weighted by atomic mass is 10.0. The van der Waals surface area contributed by atoms with Gasteiger partial charge >= 0.3 is 5.97 Å². The first kappa shape index (κ1) is 20.0. The zero-order valence-corrected chi connectivity index (χ0v) is 16.3. The van der Waals surface area contributed by atoms with Crippen LogP contribution in [0.2, 0.25) is 10.0 Å². The fraction of sp³-hybridized carbons (Fsp3) is 0.150. The zero-order valence-electron chi connectivity index (χ0n) is 14.7. The number of nitrogens with zero attached hydrogens (tertiary/aromatic N) is 2. The van der Waals surface area contributed by atoms with Crippen molar-refractivity contribution < 1.29 is 14.3 Å². The van der Waals surface area contributed by atoms with E-state index in [1.807, 2.05) is 6.92 Å². The van der Waals surface area contributed by atoms with Crippen LogP contribution in [0.3, 0.4) is 0 Å². The van der Waals surface area contributed by atoms with Gasteiger partial charge in [-0.3, -0.25) is 9.78 Å². The molecule has 3 aromatic rings. The lowest BCUT2D eigenvalue weighted by molar-refractivity contribution is 0.0695. The van der Waals surface area contributed by atoms with Gasteiger partial charge in [0.25, 0.3) is 0 Å². The van der Waals surface area contributed by atoms with E-state index in [4.69, 9.17) is 23.2 Å². The minimum absolute atomic E-state index is 0.210. The van der Waals surface area contributed by atoms with Gasteiger partial charge in [-0.2, -0.15) is 0 Å². The molecule has 5 nitrogen and oxygen atoms in total. The average molecular weight is 421 g/mol. The highest BCUT2D eigenvalue weighted by Crippen LogP contribution is 2.31. The number of aromatic nitrogens is 2. The summed E-state index contributed by atoms with van der Waals surface area (Å²) < 4.78 is 15.2. The van der Waals surface area contributed by atoms with Gasteiger partial charge in [0.1, 0.15) is 11.4 Å². The van der Waals surface area contributed by atoms with Crippen LogP contribution in [0, 0.1) is 5.82 Å². The molecule has 0 spiro atoms. The van der Waals surface area contributed by atoms with Gasteiger partial charge in [-0.1, -0.05) is 29.3 Å². The van der Waals surface area contributed by atoms with Crippen molar-refractivity contribution >= 4 is 29.2 Å². The Kier molecular flexibility index (Phi) is 5.82. The molecule has 0 saturated heterocycles. The molecule has 3 rings (SSSR count). The Balaban J connectivity index is 2.28. The third kappa shape index (κ3) is 3.93. The predicted molar refractivity (Wildman–Crippen MR) is 106 cm³/mol. The maximum atomic E-state index is 13.5. The van der Waals surface area contributed by atoms with Crippen molar-refractivity contribution in [3.05, 3.63) is 85.6 Å². The molecule has 1 N–H and O–H groups in total. The third-order valence-corrected chi connectivity index (χ3v) is 5.01. The molecule has 0 aliphatic carbocycles. The first-order chi connectivity index (χ1) is 13.3. The Morgan fingerprint density at radius 1 is 1.18 bits per heavy atom. The summed E-state index contributed by atoms with van der Waals surface area (Å²) in [6.45, 7) is 2.21. The Morgan fingerprint density at radius 3 is 2.54 bits per heavy atom. The summed E-state index contributed by atoms with van der Waals surface area (Å²) in [6.07, 6.45) is 2.80. The van der Waals surface area contributed by atoms with Gasteiger partial charge in [-0.15, -0.1) is 0 Å². The number of rotatable bonds is 5. The Hall–Kier alpha value is -2.70. The molecule has 8 heteroatoms. The van der Waals surface area contributed by atoms with Crippen LogP contribution in [0.4, 0.5) is 4.39 Å². The number of benzene rings is 1. The second-order valence-electron chi connectivity index (χ2n) is 6.09. The summed E-state index contributed by atoms with van der Waals surface area (Å²) in [5.41, 5.74) is 0.764. The first-order valence-corrected chi connectivity index (χ1v) is 9.12. The Labute approximate surface area is 170 Å². The summed E-state index contributed by atoms with van der Waals surface area (Å²) in [5.74, 6) is -1.83. The van der Waals surface area contributed by atoms with Crippen molar-refractivity contribution in [1.82, 2.24) is 9.55 Å². The van der Waals surface area contributed by atoms with E-state index < -0.39 is 17.2 Å². The van der Waals surface area contributed by atoms with E-state index >= 15 is 0 Å². The maximum Gasteiger partial charge on any atom is 0.341 e. The van der Waals surface area contributed by atoms with Crippen molar-refractivity contribution in [2.75, 3.05) is 0 Å². The standard InChI is InChI=1S/C20H15Cl2FN2O3/c1-2-25-14(6-11-5-13(23)10-24-9-11)8-17(26)18(20(27)28)19(25)12-3-4-15(21)16(22)7-12/h3-5,7-10H,2,6H2,1H3,(H,27,28). The molecule has 0 aliphatic heterocycles. The number of hydrogen-bond donors (Lipinski definition) is 1. The van der Waals surface area contributed by atoms with Gasteiger partial charge in [0, 0.05) is 36.5 Å². The van der Waals surface area contributed by atoms with E-state index in [1.165, 1.54) is 24.4 Å². The molecule has 0 aliphatic rings. The fourth-order valence-electron chi connectivity index (χ4n) is 3.12. The van der Waals surface area contributed by atoms with E-state index in [0.717, 1.165) is 6.20 Å². The van der Waals surface area contributed by atoms with Crippen LogP contribution >= 0.6 is 23.2 Å². The number of pyridine rings is 2. The van der Waals surface area contributed by atoms with Crippen LogP contribution in [0.5, 0.6) is 0 Å². The summed E-state index contributed by atoms with van der Waals surface area (Å²) >= 11 is 12.1. The molecule has 0 fully saturated rings. The molecule has 0 amide bonds. The number of carbonyl (C=O) groups is 1. The van der Waals surface area contributed by atoms with Crippen LogP contribution in [0.25, 0.3) is 11.3 Å². The molecular weight excluding hydrogens is 406 g/mol. The smallest absolute Gasteiger partial charge is 0.341 e. The zero-order chi connectivity index (χ0) is 20.4. The highest BCUT2D eigenvalue weighted by molar-refractivity contribution is 6.42. The molecule has 0 bridgehead atoms. The molecule has 0 atom stereocenters. The van der Waals surface area contributed by atoms with Crippen molar-refractivity contribution in [2.24, 2.45) is 0 Å². The molecule has 0 unspecified atom stereocenters. The summed E-state index contributed by atoms with van der Waals surface area (Å²) in [7, 11) is 0. The van der Waals surface area contributed by atoms with E-state index in [-0.39, 0.29) is 22.7 Å². The molecule has 2 aromatic heterocycles. The van der Waals surface area contributed by atoms with Crippen LogP contribution in [-0.4, -0.2) is 20.6 Å². The summed E-state index contributed by atoms with van der Waals surface area (Å²) in [5, 5.41) is 10.2. The molecule has 28 heavy (non-hydrogen) atoms. The van der Waals surface area contributed by atoms with E-state index in [1.54, 1.807) is 16.7 Å². The van der Waals surface area contributed by atoms with Crippen LogP contribution in [0.1, 0.15) is 28.5 Å². The lowest BCUT2D eigenvalue weighted by Crippen LogP contribution is -2.23. The quantitative estimate of drug-likeness (QED) is 0.650. The summed E-state index contributed by atoms with van der Waals surface area (Å²) in [4.78, 5) is 28.2. The van der Waals surface area contributed by atoms with E-state index in [0.29, 0.717) is 28.4 Å². The molecule has 1 aromatic carbocycles. The topological polar surface area (TPSA) is 72.2 Å². The SMILES string of the molecule is CCn1c(Cc2cncc(F)c2)cc(=O)c(C(=O)O)c1-c1ccc(Cl)c(Cl)c1. The van der Waals surface area contributed by atoms with Crippen LogP contribution < -0.4 is 5.43 Å². The summed E-state index contributed by atoms with van der Waals surface area (Å²) in [6, 6.07) is 7.25. The van der Waals surface area contributed by atoms with Gasteiger partial charge in [-0.05, 0) is 30.7 Å². The predicted octanol–water partition coefficient (Wildman–Crippen LogP) is 4.67. The number of carboxylic acid groups (broad SMARTS) is 1. The second-order valence-corrected chi connectivity index (χ2v) is 6.90. The van der Waals surface area contributed by atoms with Gasteiger partial charge in [0.05, 0.1) is 21.9 Å². The minimum atomic E-state index is -1.34. The minimum Gasteiger partial charge on any atom is -0.477 e. The Morgan fingerprint density at radius 2 is 1.93 bits per heavy atom. The van der Waals surface area contributed by atoms with Crippen molar-refractivity contribution in [1.29, 1.82) is 0 Å². The van der Waals surface area contributed by atoms with Gasteiger partial charge in [0.15, 0.2) is 5.43 Å². The largest absolute Gasteiger partial charge is 0.477 e. The Bertz CT molecular complexity index is 1130. The van der Waals surface area contributed by atoms with Gasteiger partial charge < -0.3 is 9.67 Å². The maximum absolute atomic E-state index is 13.5. The third-order valence-electron chi connectivity index (χ3n) is 4.27. The molecule has 2 heterocycles. The molecule has 144 valence electrons. The van der Waals surface area contributed by atoms with Crippen LogP contribution in [-0.2, 0) is 13.0 Å². The fourth-order valence-corrected chi connectivity index (χ4v) is 3.41. The van der Waals surface area contributed by atoms with Crippen molar-refractivity contribution in [3.63, 3.8) is 0 Å². The number of carboxylic acids is 1. The average Bonchev–Trinajstić information content (AvgIpc) is 2.63. The van der Waals surface area contributed by atoms with Gasteiger partial charge in [-0.25, -0.2) is 9.18 Å². The molecule has 0 radical (unpaired) electrons. The normalized spacial score (nSPS) is 10.9. The van der Waals surface area contributed by atoms with E-state index in [9.17, 15) is 19.1 Å². The lowest BCUT2D eigenvalue weighted by Gasteiger charge is -2.20. The van der Waals surface area contributed by atoms with Crippen LogP contribution in [0.15, 0.2) is 47.5 Å². The van der Waals surface area contributed by atoms with Gasteiger partial charge in [0.2, 0.25) is 0 Å².